The van der Waals surface area contributed by atoms with Crippen LogP contribution in [0, 0.1) is 0 Å². The molecule has 0 aromatic carbocycles. The Labute approximate surface area is 107 Å². The van der Waals surface area contributed by atoms with Gasteiger partial charge in [0.1, 0.15) is 11.4 Å². The number of carbonyl (C=O) groups excluding carboxylic acids is 1. The average molecular weight is 255 g/mol. The highest BCUT2D eigenvalue weighted by Gasteiger charge is 2.22. The summed E-state index contributed by atoms with van der Waals surface area (Å²) in [7, 11) is 1.86. The van der Waals surface area contributed by atoms with Crippen LogP contribution in [0.25, 0.3) is 0 Å². The lowest BCUT2D eigenvalue weighted by atomic mass is 10.2. The zero-order chi connectivity index (χ0) is 13.8. The van der Waals surface area contributed by atoms with Gasteiger partial charge in [-0.2, -0.15) is 0 Å². The number of ether oxygens (including phenoxy) is 1. The molecule has 18 heavy (non-hydrogen) atoms. The van der Waals surface area contributed by atoms with Crippen LogP contribution in [0.4, 0.5) is 4.79 Å². The number of nitrogens with zero attached hydrogens (tertiary/aromatic N) is 3. The Morgan fingerprint density at radius 3 is 2.67 bits per heavy atom. The second-order valence-corrected chi connectivity index (χ2v) is 5.08. The van der Waals surface area contributed by atoms with E-state index in [2.05, 4.69) is 4.98 Å². The van der Waals surface area contributed by atoms with Crippen molar-refractivity contribution in [3.05, 3.63) is 18.2 Å². The van der Waals surface area contributed by atoms with Crippen molar-refractivity contribution in [2.24, 2.45) is 7.05 Å². The molecule has 0 spiro atoms. The second-order valence-electron chi connectivity index (χ2n) is 5.08. The number of amides is 1. The third-order valence-electron chi connectivity index (χ3n) is 2.27. The molecule has 1 N–H and O–H groups in total. The summed E-state index contributed by atoms with van der Waals surface area (Å²) in [5.74, 6) is 0.745. The van der Waals surface area contributed by atoms with Gasteiger partial charge in [-0.25, -0.2) is 9.78 Å². The van der Waals surface area contributed by atoms with Crippen molar-refractivity contribution in [2.75, 3.05) is 13.2 Å². The quantitative estimate of drug-likeness (QED) is 0.876. The maximum Gasteiger partial charge on any atom is 0.410 e. The number of aliphatic hydroxyl groups excluding tert-OH is 1. The number of aliphatic hydroxyl groups is 1. The Balaban J connectivity index is 2.71. The van der Waals surface area contributed by atoms with Gasteiger partial charge in [0.15, 0.2) is 0 Å². The molecule has 0 bridgehead atoms. The van der Waals surface area contributed by atoms with E-state index in [4.69, 9.17) is 9.84 Å². The Hall–Kier alpha value is -1.56. The van der Waals surface area contributed by atoms with Gasteiger partial charge in [-0.1, -0.05) is 0 Å². The minimum Gasteiger partial charge on any atom is -0.444 e. The molecular weight excluding hydrogens is 234 g/mol. The standard InChI is InChI=1S/C12H21N3O3/c1-12(2,3)18-11(17)15(7-8-16)9-10-13-5-6-14(10)4/h5-6,16H,7-9H2,1-4H3. The summed E-state index contributed by atoms with van der Waals surface area (Å²) in [5, 5.41) is 9.01. The SMILES string of the molecule is Cn1ccnc1CN(CCO)C(=O)OC(C)(C)C. The normalized spacial score (nSPS) is 11.4. The van der Waals surface area contributed by atoms with E-state index in [0.717, 1.165) is 5.82 Å². The van der Waals surface area contributed by atoms with Crippen molar-refractivity contribution < 1.29 is 14.6 Å². The number of carbonyl (C=O) groups is 1. The lowest BCUT2D eigenvalue weighted by molar-refractivity contribution is 0.0195. The Morgan fingerprint density at radius 1 is 1.56 bits per heavy atom. The van der Waals surface area contributed by atoms with Crippen LogP contribution in [0.1, 0.15) is 26.6 Å². The monoisotopic (exact) mass is 255 g/mol. The maximum absolute atomic E-state index is 11.9. The van der Waals surface area contributed by atoms with Crippen LogP contribution in [0.5, 0.6) is 0 Å². The molecule has 0 unspecified atom stereocenters. The summed E-state index contributed by atoms with van der Waals surface area (Å²) in [6.07, 6.45) is 3.03. The van der Waals surface area contributed by atoms with Crippen LogP contribution in [0.2, 0.25) is 0 Å². The third kappa shape index (κ3) is 4.37. The van der Waals surface area contributed by atoms with E-state index in [1.807, 2.05) is 38.6 Å². The van der Waals surface area contributed by atoms with E-state index in [1.165, 1.54) is 4.90 Å². The van der Waals surface area contributed by atoms with E-state index in [1.54, 1.807) is 6.20 Å². The first-order valence-corrected chi connectivity index (χ1v) is 5.88. The van der Waals surface area contributed by atoms with E-state index < -0.39 is 11.7 Å². The number of hydrogen-bond donors (Lipinski definition) is 1. The Morgan fingerprint density at radius 2 is 2.22 bits per heavy atom. The molecule has 0 aliphatic carbocycles. The summed E-state index contributed by atoms with van der Waals surface area (Å²) in [5.41, 5.74) is -0.549. The molecule has 1 aromatic rings. The van der Waals surface area contributed by atoms with E-state index >= 15 is 0 Å². The van der Waals surface area contributed by atoms with E-state index in [-0.39, 0.29) is 13.2 Å². The Bertz CT molecular complexity index is 396. The van der Waals surface area contributed by atoms with Gasteiger partial charge >= 0.3 is 6.09 Å². The number of imidazole rings is 1. The van der Waals surface area contributed by atoms with Crippen LogP contribution in [0.3, 0.4) is 0 Å². The zero-order valence-electron chi connectivity index (χ0n) is 11.4. The topological polar surface area (TPSA) is 67.6 Å². The van der Waals surface area contributed by atoms with Crippen LogP contribution in [-0.4, -0.2) is 44.4 Å². The third-order valence-corrected chi connectivity index (χ3v) is 2.27. The lowest BCUT2D eigenvalue weighted by Gasteiger charge is -2.26. The zero-order valence-corrected chi connectivity index (χ0v) is 11.4. The first kappa shape index (κ1) is 14.5. The van der Waals surface area contributed by atoms with E-state index in [9.17, 15) is 4.79 Å². The van der Waals surface area contributed by atoms with Crippen molar-refractivity contribution in [1.29, 1.82) is 0 Å². The van der Waals surface area contributed by atoms with Gasteiger partial charge in [0.05, 0.1) is 13.2 Å². The van der Waals surface area contributed by atoms with Crippen molar-refractivity contribution in [3.63, 3.8) is 0 Å². The highest BCUT2D eigenvalue weighted by Crippen LogP contribution is 2.11. The Kier molecular flexibility index (Phi) is 4.72. The maximum atomic E-state index is 11.9. The van der Waals surface area contributed by atoms with Crippen LogP contribution in [-0.2, 0) is 18.3 Å². The highest BCUT2D eigenvalue weighted by molar-refractivity contribution is 5.68. The fourth-order valence-corrected chi connectivity index (χ4v) is 1.40. The highest BCUT2D eigenvalue weighted by atomic mass is 16.6. The molecule has 0 saturated carbocycles. The molecule has 0 saturated heterocycles. The fourth-order valence-electron chi connectivity index (χ4n) is 1.40. The molecule has 6 nitrogen and oxygen atoms in total. The average Bonchev–Trinajstić information content (AvgIpc) is 2.61. The van der Waals surface area contributed by atoms with Crippen molar-refractivity contribution >= 4 is 6.09 Å². The molecular formula is C12H21N3O3. The van der Waals surface area contributed by atoms with Crippen molar-refractivity contribution in [1.82, 2.24) is 14.5 Å². The molecule has 6 heteroatoms. The second kappa shape index (κ2) is 5.86. The smallest absolute Gasteiger partial charge is 0.410 e. The molecule has 1 amide bonds. The summed E-state index contributed by atoms with van der Waals surface area (Å²) < 4.78 is 7.11. The van der Waals surface area contributed by atoms with Gasteiger partial charge < -0.3 is 14.4 Å². The fraction of sp³-hybridized carbons (Fsp3) is 0.667. The van der Waals surface area contributed by atoms with Gasteiger partial charge in [0.25, 0.3) is 0 Å². The summed E-state index contributed by atoms with van der Waals surface area (Å²) in [4.78, 5) is 17.5. The van der Waals surface area contributed by atoms with Crippen molar-refractivity contribution in [2.45, 2.75) is 32.9 Å². The molecule has 0 atom stereocenters. The number of aryl methyl sites for hydroxylation is 1. The molecule has 0 aliphatic rings. The van der Waals surface area contributed by atoms with Gasteiger partial charge in [0, 0.05) is 26.0 Å². The molecule has 0 aliphatic heterocycles. The summed E-state index contributed by atoms with van der Waals surface area (Å²) >= 11 is 0. The first-order valence-electron chi connectivity index (χ1n) is 5.88. The lowest BCUT2D eigenvalue weighted by Crippen LogP contribution is -2.38. The van der Waals surface area contributed by atoms with Gasteiger partial charge in [-0.15, -0.1) is 0 Å². The van der Waals surface area contributed by atoms with Crippen LogP contribution < -0.4 is 0 Å². The molecule has 1 rings (SSSR count). The van der Waals surface area contributed by atoms with Gasteiger partial charge in [0.2, 0.25) is 0 Å². The predicted molar refractivity (Wildman–Crippen MR) is 66.9 cm³/mol. The molecule has 1 aromatic heterocycles. The molecule has 0 radical (unpaired) electrons. The number of hydrogen-bond acceptors (Lipinski definition) is 4. The minimum atomic E-state index is -0.549. The summed E-state index contributed by atoms with van der Waals surface area (Å²) in [6.45, 7) is 5.86. The van der Waals surface area contributed by atoms with Crippen LogP contribution in [0.15, 0.2) is 12.4 Å². The molecule has 102 valence electrons. The van der Waals surface area contributed by atoms with Crippen LogP contribution >= 0.6 is 0 Å². The van der Waals surface area contributed by atoms with Gasteiger partial charge in [-0.05, 0) is 20.8 Å². The number of rotatable bonds is 4. The number of aromatic nitrogens is 2. The largest absolute Gasteiger partial charge is 0.444 e. The first-order chi connectivity index (χ1) is 8.33. The minimum absolute atomic E-state index is 0.107. The van der Waals surface area contributed by atoms with E-state index in [0.29, 0.717) is 6.54 Å². The molecule has 1 heterocycles. The van der Waals surface area contributed by atoms with Crippen molar-refractivity contribution in [3.8, 4) is 0 Å². The molecule has 0 fully saturated rings. The van der Waals surface area contributed by atoms with Gasteiger partial charge in [-0.3, -0.25) is 4.90 Å². The predicted octanol–water partition coefficient (Wildman–Crippen LogP) is 1.15. The summed E-state index contributed by atoms with van der Waals surface area (Å²) in [6, 6.07) is 0.